The van der Waals surface area contributed by atoms with Crippen LogP contribution < -0.4 is 5.32 Å². The highest BCUT2D eigenvalue weighted by atomic mass is 35.5. The van der Waals surface area contributed by atoms with Crippen molar-refractivity contribution < 1.29 is 19.4 Å². The van der Waals surface area contributed by atoms with E-state index >= 15 is 0 Å². The summed E-state index contributed by atoms with van der Waals surface area (Å²) in [5, 5.41) is 13.8. The van der Waals surface area contributed by atoms with E-state index in [-0.39, 0.29) is 0 Å². The molecule has 6 nitrogen and oxygen atoms in total. The molecule has 1 unspecified atom stereocenters. The fourth-order valence-electron chi connectivity index (χ4n) is 4.11. The Labute approximate surface area is 241 Å². The van der Waals surface area contributed by atoms with Crippen LogP contribution in [0.3, 0.4) is 0 Å². The Kier molecular flexibility index (Phi) is 10.2. The van der Waals surface area contributed by atoms with Gasteiger partial charge in [-0.05, 0) is 65.8 Å². The van der Waals surface area contributed by atoms with E-state index in [1.54, 1.807) is 24.0 Å². The van der Waals surface area contributed by atoms with Crippen LogP contribution in [0, 0.1) is 6.92 Å². The number of benzene rings is 3. The van der Waals surface area contributed by atoms with E-state index in [0.717, 1.165) is 37.7 Å². The number of ether oxygens (including phenoxy) is 1. The number of nitrogens with one attached hydrogen (secondary N) is 1. The zero-order valence-electron chi connectivity index (χ0n) is 21.6. The Morgan fingerprint density at radius 3 is 2.51 bits per heavy atom. The fourth-order valence-corrected chi connectivity index (χ4v) is 5.75. The molecule has 1 amide bonds. The number of aryl methyl sites for hydroxylation is 1. The summed E-state index contributed by atoms with van der Waals surface area (Å²) in [7, 11) is 0. The summed E-state index contributed by atoms with van der Waals surface area (Å²) in [4.78, 5) is 30.4. The second kappa shape index (κ2) is 13.8. The van der Waals surface area contributed by atoms with Gasteiger partial charge in [0.2, 0.25) is 0 Å². The first-order valence-corrected chi connectivity index (χ1v) is 14.9. The number of hydrogen-bond acceptors (Lipinski definition) is 6. The van der Waals surface area contributed by atoms with E-state index in [0.29, 0.717) is 36.0 Å². The number of aliphatic carboxylic acids is 1. The second-order valence-electron chi connectivity index (χ2n) is 8.94. The van der Waals surface area contributed by atoms with E-state index in [1.165, 1.54) is 11.3 Å². The number of hydrogen-bond donors (Lipinski definition) is 2. The van der Waals surface area contributed by atoms with Crippen molar-refractivity contribution in [3.05, 3.63) is 99.5 Å². The molecule has 0 aliphatic carbocycles. The lowest BCUT2D eigenvalue weighted by Crippen LogP contribution is -2.41. The molecule has 1 atom stereocenters. The SMILES string of the molecule is CSCCC(NC(=O)c1ccc(COCc2cnc(-c3ccccc3Cl)s2)cc1-c1ccccc1C)C(=O)O. The van der Waals surface area contributed by atoms with Crippen molar-refractivity contribution in [2.24, 2.45) is 0 Å². The molecule has 0 bridgehead atoms. The van der Waals surface area contributed by atoms with Gasteiger partial charge in [0, 0.05) is 17.3 Å². The third-order valence-corrected chi connectivity index (χ3v) is 8.13. The Morgan fingerprint density at radius 2 is 1.79 bits per heavy atom. The average molecular weight is 581 g/mol. The lowest BCUT2D eigenvalue weighted by molar-refractivity contribution is -0.139. The van der Waals surface area contributed by atoms with Crippen molar-refractivity contribution >= 4 is 46.6 Å². The highest BCUT2D eigenvalue weighted by Crippen LogP contribution is 2.32. The molecule has 4 aromatic rings. The molecular weight excluding hydrogens is 552 g/mol. The number of aromatic nitrogens is 1. The summed E-state index contributed by atoms with van der Waals surface area (Å²) in [6.07, 6.45) is 4.06. The number of halogens is 1. The molecule has 0 aliphatic rings. The molecule has 2 N–H and O–H groups in total. The molecule has 1 heterocycles. The molecule has 4 rings (SSSR count). The largest absolute Gasteiger partial charge is 0.480 e. The average Bonchev–Trinajstić information content (AvgIpc) is 3.40. The summed E-state index contributed by atoms with van der Waals surface area (Å²) < 4.78 is 6.00. The number of thioether (sulfide) groups is 1. The molecular formula is C30H29ClN2O4S2. The van der Waals surface area contributed by atoms with Crippen LogP contribution >= 0.6 is 34.7 Å². The molecule has 1 aromatic heterocycles. The standard InChI is InChI=1S/C30H29ClN2O4S2/c1-19-7-3-4-8-22(19)25-15-20(11-12-23(25)28(34)33-27(30(35)36)13-14-38-2)17-37-18-21-16-32-29(39-21)24-9-5-6-10-26(24)31/h3-12,15-16,27H,13-14,17-18H2,1-2H3,(H,33,34)(H,35,36). The lowest BCUT2D eigenvalue weighted by atomic mass is 9.93. The van der Waals surface area contributed by atoms with Gasteiger partial charge in [0.15, 0.2) is 0 Å². The number of thiazole rings is 1. The van der Waals surface area contributed by atoms with Gasteiger partial charge in [-0.3, -0.25) is 4.79 Å². The molecule has 39 heavy (non-hydrogen) atoms. The monoisotopic (exact) mass is 580 g/mol. The van der Waals surface area contributed by atoms with Crippen molar-refractivity contribution in [3.8, 4) is 21.7 Å². The van der Waals surface area contributed by atoms with E-state index < -0.39 is 17.9 Å². The number of carboxylic acid groups (broad SMARTS) is 1. The number of amides is 1. The quantitative estimate of drug-likeness (QED) is 0.186. The number of nitrogens with zero attached hydrogens (tertiary/aromatic N) is 1. The summed E-state index contributed by atoms with van der Waals surface area (Å²) in [6, 6.07) is 20.0. The van der Waals surface area contributed by atoms with Crippen molar-refractivity contribution in [1.29, 1.82) is 0 Å². The van der Waals surface area contributed by atoms with Gasteiger partial charge in [-0.15, -0.1) is 11.3 Å². The normalized spacial score (nSPS) is 11.8. The molecule has 3 aromatic carbocycles. The van der Waals surface area contributed by atoms with Gasteiger partial charge >= 0.3 is 5.97 Å². The third-order valence-electron chi connectivity index (χ3n) is 6.15. The first-order valence-electron chi connectivity index (χ1n) is 12.4. The topological polar surface area (TPSA) is 88.5 Å². The fraction of sp³-hybridized carbons (Fsp3) is 0.233. The van der Waals surface area contributed by atoms with Gasteiger partial charge in [-0.25, -0.2) is 9.78 Å². The summed E-state index contributed by atoms with van der Waals surface area (Å²) in [6.45, 7) is 2.71. The molecule has 0 fully saturated rings. The molecule has 0 saturated carbocycles. The Morgan fingerprint density at radius 1 is 1.05 bits per heavy atom. The zero-order chi connectivity index (χ0) is 27.8. The maximum atomic E-state index is 13.3. The maximum absolute atomic E-state index is 13.3. The Bertz CT molecular complexity index is 1460. The van der Waals surface area contributed by atoms with Crippen LogP contribution in [0.15, 0.2) is 72.9 Å². The van der Waals surface area contributed by atoms with E-state index in [1.807, 2.05) is 73.8 Å². The van der Waals surface area contributed by atoms with Crippen molar-refractivity contribution in [1.82, 2.24) is 10.3 Å². The van der Waals surface area contributed by atoms with E-state index in [4.69, 9.17) is 16.3 Å². The lowest BCUT2D eigenvalue weighted by Gasteiger charge is -2.17. The van der Waals surface area contributed by atoms with E-state index in [2.05, 4.69) is 10.3 Å². The highest BCUT2D eigenvalue weighted by Gasteiger charge is 2.23. The smallest absolute Gasteiger partial charge is 0.326 e. The zero-order valence-corrected chi connectivity index (χ0v) is 24.0. The van der Waals surface area contributed by atoms with Gasteiger partial charge in [-0.2, -0.15) is 11.8 Å². The highest BCUT2D eigenvalue weighted by molar-refractivity contribution is 7.98. The van der Waals surface area contributed by atoms with Crippen LogP contribution in [0.2, 0.25) is 5.02 Å². The van der Waals surface area contributed by atoms with Crippen LogP contribution in [-0.4, -0.2) is 40.0 Å². The first-order chi connectivity index (χ1) is 18.9. The van der Waals surface area contributed by atoms with E-state index in [9.17, 15) is 14.7 Å². The maximum Gasteiger partial charge on any atom is 0.326 e. The molecule has 202 valence electrons. The van der Waals surface area contributed by atoms with Gasteiger partial charge in [0.05, 0.1) is 23.1 Å². The number of carbonyl (C=O) groups excluding carboxylic acids is 1. The van der Waals surface area contributed by atoms with Crippen LogP contribution in [0.5, 0.6) is 0 Å². The predicted molar refractivity (Wildman–Crippen MR) is 160 cm³/mol. The van der Waals surface area contributed by atoms with Gasteiger partial charge in [0.1, 0.15) is 11.0 Å². The van der Waals surface area contributed by atoms with Gasteiger partial charge in [-0.1, -0.05) is 60.1 Å². The molecule has 0 radical (unpaired) electrons. The summed E-state index contributed by atoms with van der Waals surface area (Å²) in [5.41, 5.74) is 4.88. The Balaban J connectivity index is 1.51. The van der Waals surface area contributed by atoms with Crippen LogP contribution in [0.4, 0.5) is 0 Å². The predicted octanol–water partition coefficient (Wildman–Crippen LogP) is 7.09. The minimum Gasteiger partial charge on any atom is -0.480 e. The second-order valence-corrected chi connectivity index (χ2v) is 11.5. The van der Waals surface area contributed by atoms with Crippen molar-refractivity contribution in [3.63, 3.8) is 0 Å². The van der Waals surface area contributed by atoms with Crippen LogP contribution in [-0.2, 0) is 22.7 Å². The number of carbonyl (C=O) groups is 2. The summed E-state index contributed by atoms with van der Waals surface area (Å²) >= 11 is 9.38. The van der Waals surface area contributed by atoms with Gasteiger partial charge in [0.25, 0.3) is 5.91 Å². The first kappa shape index (κ1) is 28.8. The molecule has 9 heteroatoms. The van der Waals surface area contributed by atoms with Crippen LogP contribution in [0.25, 0.3) is 21.7 Å². The summed E-state index contributed by atoms with van der Waals surface area (Å²) in [5.74, 6) is -0.815. The van der Waals surface area contributed by atoms with Crippen molar-refractivity contribution in [2.45, 2.75) is 32.6 Å². The Hall–Kier alpha value is -3.17. The minimum absolute atomic E-state index is 0.339. The number of carboxylic acids is 1. The number of rotatable bonds is 12. The van der Waals surface area contributed by atoms with Crippen molar-refractivity contribution in [2.75, 3.05) is 12.0 Å². The van der Waals surface area contributed by atoms with Crippen LogP contribution in [0.1, 0.15) is 32.8 Å². The third kappa shape index (κ3) is 7.48. The van der Waals surface area contributed by atoms with Gasteiger partial charge < -0.3 is 15.2 Å². The molecule has 0 saturated heterocycles. The molecule has 0 spiro atoms. The minimum atomic E-state index is -1.04. The molecule has 0 aliphatic heterocycles.